The van der Waals surface area contributed by atoms with Crippen molar-refractivity contribution in [3.63, 3.8) is 0 Å². The van der Waals surface area contributed by atoms with Gasteiger partial charge in [0.05, 0.1) is 21.8 Å². The molecular weight excluding hydrogens is 493 g/mol. The third kappa shape index (κ3) is 5.88. The minimum atomic E-state index is -4.59. The number of rotatable bonds is 8. The van der Waals surface area contributed by atoms with Crippen molar-refractivity contribution in [2.75, 3.05) is 18.1 Å². The Hall–Kier alpha value is -3.09. The summed E-state index contributed by atoms with van der Waals surface area (Å²) in [6.45, 7) is 2.12. The van der Waals surface area contributed by atoms with Gasteiger partial charge in [0.1, 0.15) is 22.7 Å². The number of ketones is 1. The average molecular weight is 513 g/mol. The molecule has 1 unspecified atom stereocenters. The van der Waals surface area contributed by atoms with E-state index in [1.165, 1.54) is 12.5 Å². The zero-order valence-electron chi connectivity index (χ0n) is 18.0. The van der Waals surface area contributed by atoms with Crippen molar-refractivity contribution >= 4 is 46.1 Å². The molecule has 0 aliphatic carbocycles. The molecule has 0 spiro atoms. The summed E-state index contributed by atoms with van der Waals surface area (Å²) in [5.74, 6) is -0.902. The minimum absolute atomic E-state index is 0.0796. The van der Waals surface area contributed by atoms with Gasteiger partial charge in [-0.05, 0) is 25.2 Å². The monoisotopic (exact) mass is 512 g/mol. The quantitative estimate of drug-likeness (QED) is 0.379. The molecule has 0 saturated heterocycles. The maximum absolute atomic E-state index is 12.8. The molecule has 8 nitrogen and oxygen atoms in total. The highest BCUT2D eigenvalue weighted by molar-refractivity contribution is 7.13. The Balaban J connectivity index is 1.69. The summed E-state index contributed by atoms with van der Waals surface area (Å²) < 4.78 is 38.5. The van der Waals surface area contributed by atoms with Crippen LogP contribution in [0.3, 0.4) is 0 Å². The van der Waals surface area contributed by atoms with Crippen molar-refractivity contribution < 1.29 is 22.8 Å². The topological polar surface area (TPSA) is 123 Å². The van der Waals surface area contributed by atoms with E-state index in [2.05, 4.69) is 25.6 Å². The summed E-state index contributed by atoms with van der Waals surface area (Å²) in [5.41, 5.74) is 5.72. The first-order valence-corrected chi connectivity index (χ1v) is 11.1. The number of carbonyl (C=O) groups is 2. The van der Waals surface area contributed by atoms with E-state index in [1.807, 2.05) is 0 Å². The number of aromatic nitrogens is 3. The van der Waals surface area contributed by atoms with E-state index >= 15 is 0 Å². The van der Waals surface area contributed by atoms with E-state index < -0.39 is 22.7 Å². The van der Waals surface area contributed by atoms with Crippen LogP contribution in [0.4, 0.5) is 24.7 Å². The predicted molar refractivity (Wildman–Crippen MR) is 123 cm³/mol. The molecule has 0 saturated carbocycles. The lowest BCUT2D eigenvalue weighted by molar-refractivity contribution is -0.137. The molecule has 2 aromatic heterocycles. The third-order valence-corrected chi connectivity index (χ3v) is 6.33. The van der Waals surface area contributed by atoms with Gasteiger partial charge in [-0.2, -0.15) is 13.2 Å². The number of nitrogens with zero attached hydrogens (tertiary/aromatic N) is 3. The van der Waals surface area contributed by atoms with Gasteiger partial charge in [0.2, 0.25) is 0 Å². The highest BCUT2D eigenvalue weighted by Gasteiger charge is 2.33. The van der Waals surface area contributed by atoms with E-state index in [-0.39, 0.29) is 40.2 Å². The van der Waals surface area contributed by atoms with Gasteiger partial charge in [0, 0.05) is 30.1 Å². The van der Waals surface area contributed by atoms with Gasteiger partial charge < -0.3 is 16.4 Å². The predicted octanol–water partition coefficient (Wildman–Crippen LogP) is 4.54. The SMILES string of the molecule is CNCc1c(N)ncnc1C(=O)CC(C)c1ncc(C(=O)Nc2ccc(C(F)(F)F)c(Cl)c2)s1. The molecule has 1 aromatic carbocycles. The van der Waals surface area contributed by atoms with Gasteiger partial charge in [-0.15, -0.1) is 11.3 Å². The molecule has 4 N–H and O–H groups in total. The Morgan fingerprint density at radius 3 is 2.62 bits per heavy atom. The zero-order valence-corrected chi connectivity index (χ0v) is 19.6. The van der Waals surface area contributed by atoms with Gasteiger partial charge in [-0.25, -0.2) is 15.0 Å². The number of thiazole rings is 1. The van der Waals surface area contributed by atoms with E-state index in [0.717, 1.165) is 29.5 Å². The summed E-state index contributed by atoms with van der Waals surface area (Å²) in [7, 11) is 1.71. The van der Waals surface area contributed by atoms with Crippen molar-refractivity contribution in [3.05, 3.63) is 62.5 Å². The van der Waals surface area contributed by atoms with Gasteiger partial charge in [-0.3, -0.25) is 9.59 Å². The second-order valence-electron chi connectivity index (χ2n) is 7.35. The minimum Gasteiger partial charge on any atom is -0.383 e. The average Bonchev–Trinajstić information content (AvgIpc) is 3.25. The third-order valence-electron chi connectivity index (χ3n) is 4.79. The number of anilines is 2. The molecule has 0 aliphatic rings. The summed E-state index contributed by atoms with van der Waals surface area (Å²) >= 11 is 6.77. The molecule has 34 heavy (non-hydrogen) atoms. The van der Waals surface area contributed by atoms with Crippen molar-refractivity contribution in [2.45, 2.75) is 32.0 Å². The Kier molecular flexibility index (Phi) is 7.85. The van der Waals surface area contributed by atoms with Crippen LogP contribution in [0.1, 0.15) is 55.6 Å². The van der Waals surface area contributed by atoms with Crippen LogP contribution < -0.4 is 16.4 Å². The fourth-order valence-electron chi connectivity index (χ4n) is 3.12. The standard InChI is InChI=1S/C21H20ClF3N6O2S/c1-10(5-15(32)17-12(7-27-2)18(26)30-9-29-17)20-28-8-16(34-20)19(33)31-11-3-4-13(14(22)6-11)21(23,24)25/h3-4,6,8-10,27H,5,7H2,1-2H3,(H,31,33)(H2,26,29,30). The summed E-state index contributed by atoms with van der Waals surface area (Å²) in [4.78, 5) is 37.8. The van der Waals surface area contributed by atoms with E-state index in [9.17, 15) is 22.8 Å². The number of halogens is 4. The second-order valence-corrected chi connectivity index (χ2v) is 8.82. The fraction of sp³-hybridized carbons (Fsp3) is 0.286. The molecule has 0 bridgehead atoms. The number of benzene rings is 1. The Morgan fingerprint density at radius 2 is 1.97 bits per heavy atom. The fourth-order valence-corrected chi connectivity index (χ4v) is 4.27. The number of nitrogens with two attached hydrogens (primary N) is 1. The highest BCUT2D eigenvalue weighted by atomic mass is 35.5. The number of hydrogen-bond acceptors (Lipinski definition) is 8. The largest absolute Gasteiger partial charge is 0.417 e. The van der Waals surface area contributed by atoms with E-state index in [1.54, 1.807) is 14.0 Å². The van der Waals surface area contributed by atoms with Crippen LogP contribution in [-0.4, -0.2) is 33.7 Å². The van der Waals surface area contributed by atoms with Crippen LogP contribution in [0.15, 0.2) is 30.7 Å². The summed E-state index contributed by atoms with van der Waals surface area (Å²) in [6, 6.07) is 2.94. The second kappa shape index (κ2) is 10.5. The Bertz CT molecular complexity index is 1220. The molecular formula is C21H20ClF3N6O2S. The van der Waals surface area contributed by atoms with Crippen LogP contribution in [0.25, 0.3) is 0 Å². The first-order chi connectivity index (χ1) is 16.0. The van der Waals surface area contributed by atoms with Crippen LogP contribution >= 0.6 is 22.9 Å². The first kappa shape index (κ1) is 25.5. The molecule has 1 atom stereocenters. The summed E-state index contributed by atoms with van der Waals surface area (Å²) in [5, 5.41) is 5.44. The maximum atomic E-state index is 12.8. The van der Waals surface area contributed by atoms with Crippen LogP contribution in [-0.2, 0) is 12.7 Å². The van der Waals surface area contributed by atoms with Gasteiger partial charge in [-0.1, -0.05) is 18.5 Å². The molecule has 13 heteroatoms. The van der Waals surface area contributed by atoms with Crippen molar-refractivity contribution in [1.29, 1.82) is 0 Å². The molecule has 0 radical (unpaired) electrons. The van der Waals surface area contributed by atoms with Crippen LogP contribution in [0.2, 0.25) is 5.02 Å². The van der Waals surface area contributed by atoms with Gasteiger partial charge >= 0.3 is 6.18 Å². The lowest BCUT2D eigenvalue weighted by atomic mass is 10.0. The van der Waals surface area contributed by atoms with Crippen LogP contribution in [0, 0.1) is 0 Å². The maximum Gasteiger partial charge on any atom is 0.417 e. The lowest BCUT2D eigenvalue weighted by Crippen LogP contribution is -2.17. The molecule has 3 aromatic rings. The molecule has 3 rings (SSSR count). The zero-order chi connectivity index (χ0) is 25.0. The molecule has 180 valence electrons. The number of hydrogen-bond donors (Lipinski definition) is 3. The smallest absolute Gasteiger partial charge is 0.383 e. The number of carbonyl (C=O) groups excluding carboxylic acids is 2. The molecule has 0 fully saturated rings. The normalized spacial score (nSPS) is 12.4. The van der Waals surface area contributed by atoms with Gasteiger partial charge in [0.15, 0.2) is 5.78 Å². The highest BCUT2D eigenvalue weighted by Crippen LogP contribution is 2.36. The number of Topliss-reactive ketones (excluding diaryl/α,β-unsaturated/α-hetero) is 1. The Morgan fingerprint density at radius 1 is 1.24 bits per heavy atom. The molecule has 0 aliphatic heterocycles. The lowest BCUT2D eigenvalue weighted by Gasteiger charge is -2.11. The van der Waals surface area contributed by atoms with Gasteiger partial charge in [0.25, 0.3) is 5.91 Å². The van der Waals surface area contributed by atoms with E-state index in [4.69, 9.17) is 17.3 Å². The van der Waals surface area contributed by atoms with Crippen molar-refractivity contribution in [3.8, 4) is 0 Å². The number of nitrogen functional groups attached to an aromatic ring is 1. The molecule has 1 amide bonds. The van der Waals surface area contributed by atoms with Crippen molar-refractivity contribution in [2.24, 2.45) is 0 Å². The molecule has 2 heterocycles. The number of amides is 1. The summed E-state index contributed by atoms with van der Waals surface area (Å²) in [6.07, 6.45) is -1.94. The Labute approximate surface area is 201 Å². The van der Waals surface area contributed by atoms with E-state index in [0.29, 0.717) is 17.1 Å². The number of nitrogens with one attached hydrogen (secondary N) is 2. The number of alkyl halides is 3. The van der Waals surface area contributed by atoms with Crippen LogP contribution in [0.5, 0.6) is 0 Å². The van der Waals surface area contributed by atoms with Crippen molar-refractivity contribution in [1.82, 2.24) is 20.3 Å². The first-order valence-electron chi connectivity index (χ1n) is 9.92.